The quantitative estimate of drug-likeness (QED) is 0.137. The van der Waals surface area contributed by atoms with E-state index in [-0.39, 0.29) is 34.2 Å². The van der Waals surface area contributed by atoms with Gasteiger partial charge in [0, 0.05) is 7.11 Å². The molecule has 8 atom stereocenters. The van der Waals surface area contributed by atoms with Gasteiger partial charge in [-0.1, -0.05) is 36.4 Å². The third-order valence-electron chi connectivity index (χ3n) is 10.6. The Labute approximate surface area is 351 Å². The molecule has 2 fully saturated rings. The number of alkyl halides is 2. The van der Waals surface area contributed by atoms with Crippen molar-refractivity contribution in [3.63, 3.8) is 0 Å². The average Bonchev–Trinajstić information content (AvgIpc) is 4.03. The smallest absolute Gasteiger partial charge is 0.338 e. The van der Waals surface area contributed by atoms with Crippen LogP contribution in [0.4, 0.5) is 20.4 Å². The summed E-state index contributed by atoms with van der Waals surface area (Å²) in [5.41, 5.74) is 3.35. The Hall–Kier alpha value is -7.14. The number of fused-ring (bicyclic) bond motifs is 2. The number of hydrogen-bond acceptors (Lipinski definition) is 17. The molecule has 4 aromatic heterocycles. The fourth-order valence-corrected chi connectivity index (χ4v) is 7.38. The predicted molar refractivity (Wildman–Crippen MR) is 212 cm³/mol. The van der Waals surface area contributed by atoms with Crippen molar-refractivity contribution in [2.45, 2.75) is 60.8 Å². The van der Waals surface area contributed by atoms with E-state index < -0.39 is 72.1 Å². The monoisotopic (exact) mass is 854 g/mol. The molecule has 7 N–H and O–H groups in total. The number of rotatable bonds is 8. The Morgan fingerprint density at radius 3 is 1.66 bits per heavy atom. The second-order valence-corrected chi connectivity index (χ2v) is 14.2. The van der Waals surface area contributed by atoms with Gasteiger partial charge in [-0.3, -0.25) is 0 Å². The molecule has 322 valence electrons. The minimum atomic E-state index is -2.62. The van der Waals surface area contributed by atoms with Gasteiger partial charge in [0.15, 0.2) is 29.1 Å². The third kappa shape index (κ3) is 7.27. The standard InChI is InChI=1S/C27H22FN5O5.C13H14FN5O3.CH4O/c1-26(28)22(37-25(35)18-10-6-3-7-11-18)20(14-36-24(34)17-8-4-2-5-9-17)38-27(26,15-29)21-13-12-19-23(30)31-16-32-33(19)21;1-12(14)10(21)8(4-20)22-13(12,5-15)9-3-2-7-11(16)17-6-18-19(7)9;1-2/h2-13,16,20,22H,14H2,1H3,(H2,30,31,32);2-3,6,8,10,20-21H,4H2,1H3,(H2,16,17,18);2H,1H3/t20-,22-,26-,27?;8-,10-,12-,13+;/m11./s1. The average molecular weight is 855 g/mol. The van der Waals surface area contributed by atoms with Crippen LogP contribution in [0.1, 0.15) is 46.0 Å². The summed E-state index contributed by atoms with van der Waals surface area (Å²) in [4.78, 5) is 33.3. The number of halogens is 2. The molecule has 21 heteroatoms. The van der Waals surface area contributed by atoms with Crippen LogP contribution in [0.2, 0.25) is 0 Å². The minimum Gasteiger partial charge on any atom is -0.459 e. The number of aromatic nitrogens is 6. The van der Waals surface area contributed by atoms with Crippen LogP contribution in [0.5, 0.6) is 0 Å². The summed E-state index contributed by atoms with van der Waals surface area (Å²) in [6.07, 6.45) is -3.53. The van der Waals surface area contributed by atoms with Crippen molar-refractivity contribution in [1.29, 1.82) is 10.5 Å². The van der Waals surface area contributed by atoms with Gasteiger partial charge < -0.3 is 45.7 Å². The van der Waals surface area contributed by atoms with Gasteiger partial charge in [0.2, 0.25) is 11.2 Å². The van der Waals surface area contributed by atoms with Crippen LogP contribution >= 0.6 is 0 Å². The molecule has 0 saturated carbocycles. The predicted octanol–water partition coefficient (Wildman–Crippen LogP) is 2.36. The molecule has 0 bridgehead atoms. The largest absolute Gasteiger partial charge is 0.459 e. The van der Waals surface area contributed by atoms with Crippen LogP contribution in [0.15, 0.2) is 97.6 Å². The van der Waals surface area contributed by atoms with E-state index >= 15 is 8.78 Å². The molecule has 2 aromatic carbocycles. The summed E-state index contributed by atoms with van der Waals surface area (Å²) in [5, 5.41) is 54.3. The van der Waals surface area contributed by atoms with E-state index in [4.69, 9.17) is 35.5 Å². The lowest BCUT2D eigenvalue weighted by Crippen LogP contribution is -2.50. The summed E-state index contributed by atoms with van der Waals surface area (Å²) in [5.74, 6) is -1.25. The van der Waals surface area contributed by atoms with Crippen molar-refractivity contribution in [1.82, 2.24) is 29.2 Å². The van der Waals surface area contributed by atoms with Crippen LogP contribution in [-0.2, 0) is 30.1 Å². The Balaban J connectivity index is 0.000000227. The number of hydrogen-bond donors (Lipinski definition) is 5. The van der Waals surface area contributed by atoms with Crippen molar-refractivity contribution in [2.24, 2.45) is 0 Å². The number of esters is 2. The highest BCUT2D eigenvalue weighted by Crippen LogP contribution is 2.52. The maximum absolute atomic E-state index is 16.9. The second kappa shape index (κ2) is 17.5. The van der Waals surface area contributed by atoms with E-state index in [9.17, 15) is 30.3 Å². The first-order chi connectivity index (χ1) is 29.7. The molecule has 62 heavy (non-hydrogen) atoms. The number of carbonyl (C=O) groups excluding carboxylic acids is 2. The summed E-state index contributed by atoms with van der Waals surface area (Å²) in [6.45, 7) is 1.04. The number of carbonyl (C=O) groups is 2. The number of nitrogens with zero attached hydrogens (tertiary/aromatic N) is 8. The molecule has 0 amide bonds. The lowest BCUT2D eigenvalue weighted by molar-refractivity contribution is -0.0746. The molecule has 0 aliphatic carbocycles. The fraction of sp³-hybridized carbons (Fsp3) is 0.317. The Bertz CT molecular complexity index is 2650. The summed E-state index contributed by atoms with van der Waals surface area (Å²) >= 11 is 0. The Kier molecular flexibility index (Phi) is 12.5. The van der Waals surface area contributed by atoms with Gasteiger partial charge in [-0.25, -0.2) is 37.4 Å². The minimum absolute atomic E-state index is 0.00625. The number of nitriles is 2. The van der Waals surface area contributed by atoms with E-state index in [0.29, 0.717) is 11.0 Å². The zero-order valence-corrected chi connectivity index (χ0v) is 33.2. The second-order valence-electron chi connectivity index (χ2n) is 14.2. The Morgan fingerprint density at radius 2 is 1.21 bits per heavy atom. The van der Waals surface area contributed by atoms with E-state index in [1.165, 1.54) is 51.8 Å². The number of ether oxygens (including phenoxy) is 4. The van der Waals surface area contributed by atoms with E-state index in [0.717, 1.165) is 27.3 Å². The summed E-state index contributed by atoms with van der Waals surface area (Å²) in [7, 11) is 1.00. The van der Waals surface area contributed by atoms with E-state index in [1.54, 1.807) is 54.6 Å². The number of aliphatic hydroxyl groups excluding tert-OH is 3. The van der Waals surface area contributed by atoms with Gasteiger partial charge >= 0.3 is 11.9 Å². The zero-order valence-electron chi connectivity index (χ0n) is 33.2. The number of nitrogens with two attached hydrogens (primary N) is 2. The molecule has 0 radical (unpaired) electrons. The number of aliphatic hydroxyl groups is 3. The van der Waals surface area contributed by atoms with Gasteiger partial charge in [-0.15, -0.1) is 0 Å². The highest BCUT2D eigenvalue weighted by Gasteiger charge is 2.70. The van der Waals surface area contributed by atoms with Crippen molar-refractivity contribution in [2.75, 3.05) is 31.8 Å². The molecule has 1 unspecified atom stereocenters. The molecule has 2 aliphatic heterocycles. The Morgan fingerprint density at radius 1 is 0.758 bits per heavy atom. The molecule has 6 heterocycles. The lowest BCUT2D eigenvalue weighted by Gasteiger charge is -2.32. The van der Waals surface area contributed by atoms with Crippen LogP contribution in [0, 0.1) is 22.7 Å². The molecule has 8 rings (SSSR count). The van der Waals surface area contributed by atoms with Crippen molar-refractivity contribution in [3.8, 4) is 12.1 Å². The van der Waals surface area contributed by atoms with Gasteiger partial charge in [0.05, 0.1) is 29.1 Å². The third-order valence-corrected chi connectivity index (χ3v) is 10.6. The van der Waals surface area contributed by atoms with Crippen LogP contribution in [0.3, 0.4) is 0 Å². The molecule has 6 aromatic rings. The number of anilines is 2. The topological polar surface area (TPSA) is 292 Å². The zero-order chi connectivity index (χ0) is 45.0. The molecule has 0 spiro atoms. The van der Waals surface area contributed by atoms with Crippen LogP contribution < -0.4 is 11.5 Å². The van der Waals surface area contributed by atoms with Crippen molar-refractivity contribution in [3.05, 3.63) is 120 Å². The van der Waals surface area contributed by atoms with Gasteiger partial charge in [0.25, 0.3) is 0 Å². The van der Waals surface area contributed by atoms with Gasteiger partial charge in [-0.2, -0.15) is 20.7 Å². The molecule has 2 aliphatic rings. The van der Waals surface area contributed by atoms with Crippen LogP contribution in [-0.4, -0.2) is 113 Å². The highest BCUT2D eigenvalue weighted by molar-refractivity contribution is 5.90. The summed E-state index contributed by atoms with van der Waals surface area (Å²) in [6, 6.07) is 25.8. The highest BCUT2D eigenvalue weighted by atomic mass is 19.1. The molecule has 2 saturated heterocycles. The van der Waals surface area contributed by atoms with Gasteiger partial charge in [-0.05, 0) is 62.4 Å². The van der Waals surface area contributed by atoms with Crippen molar-refractivity contribution < 1.29 is 52.6 Å². The van der Waals surface area contributed by atoms with Gasteiger partial charge in [0.1, 0.15) is 60.7 Å². The molecular weight excluding hydrogens is 815 g/mol. The fourth-order valence-electron chi connectivity index (χ4n) is 7.38. The molecule has 19 nitrogen and oxygen atoms in total. The maximum atomic E-state index is 16.9. The molecular formula is C41H40F2N10O9. The van der Waals surface area contributed by atoms with Crippen molar-refractivity contribution >= 4 is 34.6 Å². The van der Waals surface area contributed by atoms with Crippen LogP contribution in [0.25, 0.3) is 11.0 Å². The number of benzene rings is 2. The summed E-state index contributed by atoms with van der Waals surface area (Å²) < 4.78 is 57.0. The SMILES string of the molecule is CO.C[C@@]1(F)[C@H](O)[C@@H](CO)O[C@@]1(C#N)c1ccc2c(N)ncnn12.C[C@@]1(F)[C@H](OC(=O)c2ccccc2)[C@@H](COC(=O)c2ccccc2)OC1(C#N)c1ccc2c(N)ncnn12. The first-order valence-corrected chi connectivity index (χ1v) is 18.6. The van der Waals surface area contributed by atoms with E-state index in [1.807, 2.05) is 6.07 Å². The maximum Gasteiger partial charge on any atom is 0.338 e. The number of nitrogen functional groups attached to an aromatic ring is 2. The first kappa shape index (κ1) is 44.4. The normalized spacial score (nSPS) is 27.5. The first-order valence-electron chi connectivity index (χ1n) is 18.6. The van der Waals surface area contributed by atoms with E-state index in [2.05, 4.69) is 20.2 Å². The lowest BCUT2D eigenvalue weighted by atomic mass is 9.81.